The van der Waals surface area contributed by atoms with Gasteiger partial charge in [0, 0.05) is 24.2 Å². The zero-order valence-corrected chi connectivity index (χ0v) is 20.4. The van der Waals surface area contributed by atoms with Gasteiger partial charge in [-0.2, -0.15) is 4.98 Å². The van der Waals surface area contributed by atoms with Gasteiger partial charge >= 0.3 is 5.69 Å². The van der Waals surface area contributed by atoms with Crippen LogP contribution in [0.4, 0.5) is 5.82 Å². The Morgan fingerprint density at radius 1 is 1.08 bits per heavy atom. The van der Waals surface area contributed by atoms with Crippen LogP contribution in [0, 0.1) is 0 Å². The van der Waals surface area contributed by atoms with Crippen molar-refractivity contribution in [3.63, 3.8) is 0 Å². The first-order valence-electron chi connectivity index (χ1n) is 12.2. The first kappa shape index (κ1) is 23.3. The molecule has 1 saturated heterocycles. The highest BCUT2D eigenvalue weighted by Crippen LogP contribution is 2.28. The lowest BCUT2D eigenvalue weighted by atomic mass is 10.1. The van der Waals surface area contributed by atoms with E-state index in [2.05, 4.69) is 26.7 Å². The second kappa shape index (κ2) is 9.43. The maximum Gasteiger partial charge on any atom is 0.335 e. The van der Waals surface area contributed by atoms with E-state index in [0.717, 1.165) is 24.0 Å². The van der Waals surface area contributed by atoms with E-state index in [4.69, 9.17) is 10.3 Å². The predicted molar refractivity (Wildman–Crippen MR) is 141 cm³/mol. The van der Waals surface area contributed by atoms with Crippen molar-refractivity contribution in [2.45, 2.75) is 18.9 Å². The number of benzene rings is 2. The van der Waals surface area contributed by atoms with Crippen molar-refractivity contribution >= 4 is 22.9 Å². The van der Waals surface area contributed by atoms with Crippen molar-refractivity contribution in [1.29, 1.82) is 0 Å². The molecule has 2 aromatic carbocycles. The molecule has 0 bridgehead atoms. The van der Waals surface area contributed by atoms with Crippen molar-refractivity contribution in [2.75, 3.05) is 18.8 Å². The molecule has 0 unspecified atom stereocenters. The molecule has 1 aliphatic rings. The molecular weight excluding hydrogens is 484 g/mol. The number of carbonyl (C=O) groups excluding carboxylic acids is 1. The number of fused-ring (bicyclic) bond motifs is 1. The number of hydrogen-bond acceptors (Lipinski definition) is 8. The van der Waals surface area contributed by atoms with Gasteiger partial charge in [-0.3, -0.25) is 13.9 Å². The first-order valence-corrected chi connectivity index (χ1v) is 12.2. The van der Waals surface area contributed by atoms with E-state index >= 15 is 0 Å². The summed E-state index contributed by atoms with van der Waals surface area (Å²) >= 11 is 0. The summed E-state index contributed by atoms with van der Waals surface area (Å²) in [6.45, 7) is 4.59. The van der Waals surface area contributed by atoms with Crippen molar-refractivity contribution < 1.29 is 9.32 Å². The first-order chi connectivity index (χ1) is 18.5. The lowest BCUT2D eigenvalue weighted by Crippen LogP contribution is -2.42. The van der Waals surface area contributed by atoms with E-state index in [1.54, 1.807) is 21.6 Å². The molecule has 1 amide bonds. The van der Waals surface area contributed by atoms with Crippen LogP contribution in [-0.2, 0) is 4.79 Å². The van der Waals surface area contributed by atoms with Crippen LogP contribution < -0.4 is 11.4 Å². The van der Waals surface area contributed by atoms with Crippen LogP contribution in [0.2, 0.25) is 0 Å². The topological polar surface area (TPSA) is 138 Å². The molecule has 38 heavy (non-hydrogen) atoms. The highest BCUT2D eigenvalue weighted by Gasteiger charge is 2.29. The SMILES string of the molecule is C=CC(=O)N1CCC[C@@H](n2c(=O)n(-c3ccc(-c4noc(-c5ccccc5)n4)cc3)c3c(N)ncnc32)C1. The summed E-state index contributed by atoms with van der Waals surface area (Å²) in [5.74, 6) is 0.885. The van der Waals surface area contributed by atoms with Gasteiger partial charge in [-0.25, -0.2) is 14.8 Å². The number of aromatic nitrogens is 6. The average molecular weight is 509 g/mol. The van der Waals surface area contributed by atoms with Gasteiger partial charge in [0.05, 0.1) is 11.7 Å². The Labute approximate surface area is 216 Å². The van der Waals surface area contributed by atoms with E-state index < -0.39 is 0 Å². The predicted octanol–water partition coefficient (Wildman–Crippen LogP) is 3.23. The van der Waals surface area contributed by atoms with Gasteiger partial charge in [-0.05, 0) is 55.3 Å². The van der Waals surface area contributed by atoms with Crippen LogP contribution in [0.5, 0.6) is 0 Å². The Kier molecular flexibility index (Phi) is 5.79. The molecule has 6 rings (SSSR count). The van der Waals surface area contributed by atoms with Crippen molar-refractivity contribution in [3.8, 4) is 28.5 Å². The highest BCUT2D eigenvalue weighted by atomic mass is 16.5. The van der Waals surface area contributed by atoms with E-state index in [-0.39, 0.29) is 23.5 Å². The largest absolute Gasteiger partial charge is 0.382 e. The maximum absolute atomic E-state index is 13.8. The van der Waals surface area contributed by atoms with Gasteiger partial charge < -0.3 is 15.2 Å². The molecule has 3 aromatic heterocycles. The van der Waals surface area contributed by atoms with E-state index in [1.165, 1.54) is 17.0 Å². The minimum atomic E-state index is -0.302. The van der Waals surface area contributed by atoms with Crippen LogP contribution in [0.3, 0.4) is 0 Å². The normalized spacial score (nSPS) is 15.6. The molecule has 1 aliphatic heterocycles. The number of carbonyl (C=O) groups is 1. The molecule has 0 saturated carbocycles. The summed E-state index contributed by atoms with van der Waals surface area (Å²) in [5.41, 5.74) is 8.94. The quantitative estimate of drug-likeness (QED) is 0.357. The molecule has 1 atom stereocenters. The van der Waals surface area contributed by atoms with Crippen molar-refractivity contribution in [3.05, 3.63) is 84.1 Å². The molecule has 0 spiro atoms. The van der Waals surface area contributed by atoms with Gasteiger partial charge in [0.1, 0.15) is 11.8 Å². The van der Waals surface area contributed by atoms with Crippen LogP contribution in [0.25, 0.3) is 39.7 Å². The Morgan fingerprint density at radius 3 is 2.63 bits per heavy atom. The molecule has 190 valence electrons. The zero-order valence-electron chi connectivity index (χ0n) is 20.4. The number of anilines is 1. The van der Waals surface area contributed by atoms with Crippen LogP contribution >= 0.6 is 0 Å². The van der Waals surface area contributed by atoms with Crippen LogP contribution in [0.1, 0.15) is 18.9 Å². The molecule has 11 heteroatoms. The number of imidazole rings is 1. The number of piperidine rings is 1. The third-order valence-electron chi connectivity index (χ3n) is 6.76. The Bertz CT molecular complexity index is 1700. The standard InChI is InChI=1S/C27H24N8O3/c1-2-21(36)33-14-6-9-20(15-33)35-25-22(23(28)29-16-30-25)34(27(35)37)19-12-10-17(11-13-19)24-31-26(38-32-24)18-7-4-3-5-8-18/h2-5,7-8,10-13,16,20H,1,6,9,14-15H2,(H2,28,29,30)/t20-/m1/s1. The number of hydrogen-bond donors (Lipinski definition) is 1. The summed E-state index contributed by atoms with van der Waals surface area (Å²) in [6.07, 6.45) is 4.12. The van der Waals surface area contributed by atoms with Gasteiger partial charge in [-0.1, -0.05) is 29.9 Å². The minimum Gasteiger partial charge on any atom is -0.382 e. The van der Waals surface area contributed by atoms with Crippen LogP contribution in [-0.4, -0.2) is 53.1 Å². The Balaban J connectivity index is 1.39. The average Bonchev–Trinajstić information content (AvgIpc) is 3.57. The summed E-state index contributed by atoms with van der Waals surface area (Å²) in [5, 5.41) is 4.10. The van der Waals surface area contributed by atoms with Gasteiger partial charge in [0.2, 0.25) is 11.7 Å². The number of rotatable bonds is 5. The fourth-order valence-electron chi connectivity index (χ4n) is 4.93. The monoisotopic (exact) mass is 508 g/mol. The number of nitrogen functional groups attached to an aromatic ring is 1. The van der Waals surface area contributed by atoms with Gasteiger partial charge in [0.25, 0.3) is 5.89 Å². The molecule has 11 nitrogen and oxygen atoms in total. The Hall–Kier alpha value is -5.06. The maximum atomic E-state index is 13.8. The number of nitrogens with two attached hydrogens (primary N) is 1. The van der Waals surface area contributed by atoms with Crippen LogP contribution in [0.15, 0.2) is 82.9 Å². The number of amides is 1. The lowest BCUT2D eigenvalue weighted by Gasteiger charge is -2.32. The molecule has 0 radical (unpaired) electrons. The van der Waals surface area contributed by atoms with E-state index in [9.17, 15) is 9.59 Å². The molecule has 0 aliphatic carbocycles. The fraction of sp³-hybridized carbons (Fsp3) is 0.185. The summed E-state index contributed by atoms with van der Waals surface area (Å²) in [4.78, 5) is 40.8. The van der Waals surface area contributed by atoms with Crippen molar-refractivity contribution in [2.24, 2.45) is 0 Å². The van der Waals surface area contributed by atoms with E-state index in [0.29, 0.717) is 41.7 Å². The second-order valence-electron chi connectivity index (χ2n) is 9.04. The third-order valence-corrected chi connectivity index (χ3v) is 6.76. The number of likely N-dealkylation sites (tertiary alicyclic amines) is 1. The lowest BCUT2D eigenvalue weighted by molar-refractivity contribution is -0.127. The molecular formula is C27H24N8O3. The van der Waals surface area contributed by atoms with Gasteiger partial charge in [-0.15, -0.1) is 0 Å². The van der Waals surface area contributed by atoms with E-state index in [1.807, 2.05) is 42.5 Å². The zero-order chi connectivity index (χ0) is 26.2. The summed E-state index contributed by atoms with van der Waals surface area (Å²) in [6, 6.07) is 16.5. The summed E-state index contributed by atoms with van der Waals surface area (Å²) < 4.78 is 8.56. The second-order valence-corrected chi connectivity index (χ2v) is 9.04. The Morgan fingerprint density at radius 2 is 1.87 bits per heavy atom. The van der Waals surface area contributed by atoms with Gasteiger partial charge in [0.15, 0.2) is 11.5 Å². The molecule has 1 fully saturated rings. The minimum absolute atomic E-state index is 0.159. The molecule has 4 heterocycles. The highest BCUT2D eigenvalue weighted by molar-refractivity contribution is 5.87. The fourth-order valence-corrected chi connectivity index (χ4v) is 4.93. The summed E-state index contributed by atoms with van der Waals surface area (Å²) in [7, 11) is 0. The number of nitrogens with zero attached hydrogens (tertiary/aromatic N) is 7. The molecule has 5 aromatic rings. The molecule has 2 N–H and O–H groups in total. The smallest absolute Gasteiger partial charge is 0.335 e. The van der Waals surface area contributed by atoms with Crippen molar-refractivity contribution in [1.82, 2.24) is 34.1 Å². The third kappa shape index (κ3) is 3.94.